The number of hydrogen-bond acceptors (Lipinski definition) is 5. The fourth-order valence-corrected chi connectivity index (χ4v) is 3.21. The fourth-order valence-electron chi connectivity index (χ4n) is 2.82. The summed E-state index contributed by atoms with van der Waals surface area (Å²) in [5, 5.41) is 3.61. The topological polar surface area (TPSA) is 73.9 Å². The smallest absolute Gasteiger partial charge is 0.408 e. The average molecular weight is 506 g/mol. The molecule has 0 heterocycles. The SMILES string of the molecule is CC(C)(C)OC(=O)NC(Cc1ccc(OCCCCBr)cc1)C(=O)OCc1ccccc1. The first-order valence-electron chi connectivity index (χ1n) is 10.7. The van der Waals surface area contributed by atoms with Crippen LogP contribution in [0.2, 0.25) is 0 Å². The van der Waals surface area contributed by atoms with Crippen molar-refractivity contribution in [1.29, 1.82) is 0 Å². The second-order valence-corrected chi connectivity index (χ2v) is 9.18. The predicted molar refractivity (Wildman–Crippen MR) is 128 cm³/mol. The molecule has 2 aromatic rings. The molecule has 1 N–H and O–H groups in total. The third kappa shape index (κ3) is 10.2. The minimum Gasteiger partial charge on any atom is -0.494 e. The number of ether oxygens (including phenoxy) is 3. The molecule has 6 nitrogen and oxygen atoms in total. The van der Waals surface area contributed by atoms with E-state index in [0.29, 0.717) is 6.61 Å². The van der Waals surface area contributed by atoms with Crippen LogP contribution in [0.4, 0.5) is 4.79 Å². The molecular weight excluding hydrogens is 474 g/mol. The van der Waals surface area contributed by atoms with Gasteiger partial charge in [-0.05, 0) is 56.9 Å². The number of benzene rings is 2. The first-order chi connectivity index (χ1) is 15.3. The Balaban J connectivity index is 2.01. The fraction of sp³-hybridized carbons (Fsp3) is 0.440. The molecule has 0 bridgehead atoms. The Bertz CT molecular complexity index is 834. The summed E-state index contributed by atoms with van der Waals surface area (Å²) in [4.78, 5) is 25.1. The van der Waals surface area contributed by atoms with Crippen molar-refractivity contribution in [2.45, 2.75) is 58.3 Å². The Kier molecular flexibility index (Phi) is 10.5. The largest absolute Gasteiger partial charge is 0.494 e. The van der Waals surface area contributed by atoms with Gasteiger partial charge in [0.15, 0.2) is 0 Å². The van der Waals surface area contributed by atoms with Crippen LogP contribution in [0, 0.1) is 0 Å². The summed E-state index contributed by atoms with van der Waals surface area (Å²) in [5.74, 6) is 0.251. The molecule has 2 aromatic carbocycles. The van der Waals surface area contributed by atoms with E-state index in [2.05, 4.69) is 21.2 Å². The molecule has 1 atom stereocenters. The van der Waals surface area contributed by atoms with Gasteiger partial charge in [0.25, 0.3) is 0 Å². The second-order valence-electron chi connectivity index (χ2n) is 8.38. The lowest BCUT2D eigenvalue weighted by Crippen LogP contribution is -2.45. The molecule has 7 heteroatoms. The first-order valence-corrected chi connectivity index (χ1v) is 11.9. The zero-order chi connectivity index (χ0) is 23.4. The maximum atomic E-state index is 12.8. The number of alkyl halides is 1. The molecule has 0 aliphatic rings. The highest BCUT2D eigenvalue weighted by atomic mass is 79.9. The van der Waals surface area contributed by atoms with Crippen molar-refractivity contribution in [1.82, 2.24) is 5.32 Å². The minimum atomic E-state index is -0.876. The Labute approximate surface area is 198 Å². The van der Waals surface area contributed by atoms with Crippen LogP contribution >= 0.6 is 15.9 Å². The van der Waals surface area contributed by atoms with Crippen molar-refractivity contribution in [3.05, 3.63) is 65.7 Å². The number of halogens is 1. The van der Waals surface area contributed by atoms with Gasteiger partial charge < -0.3 is 19.5 Å². The zero-order valence-corrected chi connectivity index (χ0v) is 20.5. The van der Waals surface area contributed by atoms with E-state index >= 15 is 0 Å². The molecule has 174 valence electrons. The van der Waals surface area contributed by atoms with Gasteiger partial charge in [0.05, 0.1) is 6.61 Å². The van der Waals surface area contributed by atoms with Gasteiger partial charge in [-0.15, -0.1) is 0 Å². The number of esters is 1. The van der Waals surface area contributed by atoms with Gasteiger partial charge in [0.2, 0.25) is 0 Å². The van der Waals surface area contributed by atoms with Gasteiger partial charge in [-0.3, -0.25) is 0 Å². The van der Waals surface area contributed by atoms with E-state index in [9.17, 15) is 9.59 Å². The van der Waals surface area contributed by atoms with Crippen molar-refractivity contribution >= 4 is 28.0 Å². The maximum absolute atomic E-state index is 12.8. The Morgan fingerprint density at radius 2 is 1.66 bits per heavy atom. The van der Waals surface area contributed by atoms with Crippen LogP contribution in [0.3, 0.4) is 0 Å². The Morgan fingerprint density at radius 1 is 0.969 bits per heavy atom. The molecule has 0 aliphatic heterocycles. The zero-order valence-electron chi connectivity index (χ0n) is 18.9. The molecule has 0 saturated carbocycles. The molecule has 1 unspecified atom stereocenters. The van der Waals surface area contributed by atoms with Crippen molar-refractivity contribution < 1.29 is 23.8 Å². The van der Waals surface area contributed by atoms with Crippen LogP contribution in [0.25, 0.3) is 0 Å². The van der Waals surface area contributed by atoms with Gasteiger partial charge in [-0.2, -0.15) is 0 Å². The van der Waals surface area contributed by atoms with E-state index in [1.54, 1.807) is 20.8 Å². The number of nitrogens with one attached hydrogen (secondary N) is 1. The van der Waals surface area contributed by atoms with Crippen molar-refractivity contribution in [3.8, 4) is 5.75 Å². The van der Waals surface area contributed by atoms with Crippen LogP contribution in [-0.4, -0.2) is 35.6 Å². The van der Waals surface area contributed by atoms with Gasteiger partial charge in [0.1, 0.15) is 24.0 Å². The number of carbonyl (C=O) groups is 2. The molecule has 0 saturated heterocycles. The summed E-state index contributed by atoms with van der Waals surface area (Å²) < 4.78 is 16.5. The third-order valence-corrected chi connectivity index (χ3v) is 4.92. The lowest BCUT2D eigenvalue weighted by Gasteiger charge is -2.23. The molecule has 0 spiro atoms. The van der Waals surface area contributed by atoms with Crippen LogP contribution in [0.15, 0.2) is 54.6 Å². The molecule has 0 aromatic heterocycles. The van der Waals surface area contributed by atoms with Gasteiger partial charge in [-0.1, -0.05) is 58.4 Å². The molecule has 2 rings (SSSR count). The van der Waals surface area contributed by atoms with Crippen molar-refractivity contribution in [3.63, 3.8) is 0 Å². The molecule has 0 aliphatic carbocycles. The summed E-state index contributed by atoms with van der Waals surface area (Å²) in [6.07, 6.45) is 1.64. The number of hydrogen-bond donors (Lipinski definition) is 1. The summed E-state index contributed by atoms with van der Waals surface area (Å²) in [6.45, 7) is 6.09. The number of alkyl carbamates (subject to hydrolysis) is 1. The number of rotatable bonds is 11. The van der Waals surface area contributed by atoms with Crippen LogP contribution < -0.4 is 10.1 Å². The summed E-state index contributed by atoms with van der Waals surface area (Å²) in [6, 6.07) is 16.0. The van der Waals surface area contributed by atoms with E-state index in [1.807, 2.05) is 54.6 Å². The Morgan fingerprint density at radius 3 is 2.28 bits per heavy atom. The Hall–Kier alpha value is -2.54. The third-order valence-electron chi connectivity index (χ3n) is 4.36. The highest BCUT2D eigenvalue weighted by Gasteiger charge is 2.26. The highest BCUT2D eigenvalue weighted by Crippen LogP contribution is 2.15. The molecule has 0 fully saturated rings. The maximum Gasteiger partial charge on any atom is 0.408 e. The van der Waals surface area contributed by atoms with Crippen LogP contribution in [-0.2, 0) is 27.3 Å². The quantitative estimate of drug-likeness (QED) is 0.250. The molecule has 32 heavy (non-hydrogen) atoms. The predicted octanol–water partition coefficient (Wildman–Crippen LogP) is 5.42. The van der Waals surface area contributed by atoms with Crippen LogP contribution in [0.5, 0.6) is 5.75 Å². The lowest BCUT2D eigenvalue weighted by molar-refractivity contribution is -0.147. The number of carbonyl (C=O) groups excluding carboxylic acids is 2. The van der Waals surface area contributed by atoms with E-state index in [0.717, 1.165) is 35.0 Å². The normalized spacial score (nSPS) is 12.0. The van der Waals surface area contributed by atoms with E-state index in [4.69, 9.17) is 14.2 Å². The molecular formula is C25H32BrNO5. The van der Waals surface area contributed by atoms with Gasteiger partial charge in [0, 0.05) is 11.8 Å². The summed E-state index contributed by atoms with van der Waals surface area (Å²) in [5.41, 5.74) is 1.07. The van der Waals surface area contributed by atoms with Crippen molar-refractivity contribution in [2.24, 2.45) is 0 Å². The molecule has 0 radical (unpaired) electrons. The summed E-state index contributed by atoms with van der Waals surface area (Å²) in [7, 11) is 0. The van der Waals surface area contributed by atoms with Crippen LogP contribution in [0.1, 0.15) is 44.7 Å². The monoisotopic (exact) mass is 505 g/mol. The standard InChI is InChI=1S/C25H32BrNO5/c1-25(2,3)32-24(29)27-22(23(28)31-18-20-9-5-4-6-10-20)17-19-11-13-21(14-12-19)30-16-8-7-15-26/h4-6,9-14,22H,7-8,15-18H2,1-3H3,(H,27,29). The average Bonchev–Trinajstić information content (AvgIpc) is 2.75. The van der Waals surface area contributed by atoms with E-state index in [-0.39, 0.29) is 13.0 Å². The summed E-state index contributed by atoms with van der Waals surface area (Å²) >= 11 is 3.40. The highest BCUT2D eigenvalue weighted by molar-refractivity contribution is 9.09. The van der Waals surface area contributed by atoms with Crippen molar-refractivity contribution in [2.75, 3.05) is 11.9 Å². The minimum absolute atomic E-state index is 0.132. The number of amides is 1. The lowest BCUT2D eigenvalue weighted by atomic mass is 10.1. The van der Waals surface area contributed by atoms with E-state index in [1.165, 1.54) is 0 Å². The molecule has 1 amide bonds. The first kappa shape index (κ1) is 25.7. The van der Waals surface area contributed by atoms with E-state index < -0.39 is 23.7 Å². The number of unbranched alkanes of at least 4 members (excludes halogenated alkanes) is 1. The van der Waals surface area contributed by atoms with Gasteiger partial charge >= 0.3 is 12.1 Å². The second kappa shape index (κ2) is 13.1. The van der Waals surface area contributed by atoms with Gasteiger partial charge in [-0.25, -0.2) is 9.59 Å².